The van der Waals surface area contributed by atoms with E-state index in [1.54, 1.807) is 12.1 Å². The zero-order chi connectivity index (χ0) is 23.5. The molecule has 0 aromatic heterocycles. The molecule has 1 heterocycles. The third kappa shape index (κ3) is 5.59. The number of ether oxygens (including phenoxy) is 1. The number of carbonyl (C=O) groups excluding carboxylic acids is 1. The van der Waals surface area contributed by atoms with Crippen molar-refractivity contribution < 1.29 is 26.4 Å². The number of piperidine rings is 1. The van der Waals surface area contributed by atoms with Crippen LogP contribution in [0.25, 0.3) is 0 Å². The summed E-state index contributed by atoms with van der Waals surface area (Å²) in [4.78, 5) is 12.6. The number of nitrogens with zero attached hydrogens (tertiary/aromatic N) is 1. The first-order valence-corrected chi connectivity index (χ1v) is 13.1. The number of hydrogen-bond acceptors (Lipinski definition) is 6. The van der Waals surface area contributed by atoms with Crippen molar-refractivity contribution in [3.63, 3.8) is 0 Å². The molecule has 0 atom stereocenters. The van der Waals surface area contributed by atoms with Crippen LogP contribution in [0.1, 0.15) is 18.4 Å². The number of primary sulfonamides is 1. The molecule has 1 saturated heterocycles. The number of hydrogen-bond donors (Lipinski definition) is 2. The van der Waals surface area contributed by atoms with E-state index >= 15 is 0 Å². The lowest BCUT2D eigenvalue weighted by atomic mass is 9.97. The third-order valence-corrected chi connectivity index (χ3v) is 8.42. The monoisotopic (exact) mass is 501 g/mol. The van der Waals surface area contributed by atoms with Gasteiger partial charge in [-0.3, -0.25) is 4.79 Å². The minimum Gasteiger partial charge on any atom is -0.495 e. The maximum Gasteiger partial charge on any atom is 0.243 e. The summed E-state index contributed by atoms with van der Waals surface area (Å²) >= 11 is 6.06. The van der Waals surface area contributed by atoms with Gasteiger partial charge in [0.2, 0.25) is 26.0 Å². The van der Waals surface area contributed by atoms with Crippen molar-refractivity contribution in [1.82, 2.24) is 9.62 Å². The van der Waals surface area contributed by atoms with E-state index in [9.17, 15) is 21.6 Å². The molecule has 0 saturated carbocycles. The number of amides is 1. The van der Waals surface area contributed by atoms with E-state index in [-0.39, 0.29) is 46.3 Å². The minimum absolute atomic E-state index is 0.000643. The second-order valence-corrected chi connectivity index (χ2v) is 11.3. The van der Waals surface area contributed by atoms with Crippen LogP contribution in [0.2, 0.25) is 5.02 Å². The second-order valence-electron chi connectivity index (χ2n) is 7.38. The van der Waals surface area contributed by atoms with Crippen LogP contribution >= 0.6 is 11.6 Å². The first-order valence-electron chi connectivity index (χ1n) is 9.75. The number of nitrogens with one attached hydrogen (secondary N) is 1. The largest absolute Gasteiger partial charge is 0.495 e. The van der Waals surface area contributed by atoms with Crippen LogP contribution in [0, 0.1) is 5.92 Å². The highest BCUT2D eigenvalue weighted by molar-refractivity contribution is 7.89. The Labute approximate surface area is 192 Å². The topological polar surface area (TPSA) is 136 Å². The Hall–Kier alpha value is -2.18. The summed E-state index contributed by atoms with van der Waals surface area (Å²) in [5.74, 6) is -0.102. The van der Waals surface area contributed by atoms with Crippen LogP contribution < -0.4 is 15.2 Å². The fourth-order valence-corrected chi connectivity index (χ4v) is 5.78. The molecule has 1 aliphatic heterocycles. The first kappa shape index (κ1) is 24.5. The van der Waals surface area contributed by atoms with Gasteiger partial charge in [0.05, 0.1) is 21.9 Å². The average molecular weight is 502 g/mol. The average Bonchev–Trinajstić information content (AvgIpc) is 2.77. The quantitative estimate of drug-likeness (QED) is 0.592. The van der Waals surface area contributed by atoms with Gasteiger partial charge in [0.15, 0.2) is 0 Å². The molecule has 0 radical (unpaired) electrons. The molecule has 0 aliphatic carbocycles. The fraction of sp³-hybridized carbons (Fsp3) is 0.350. The van der Waals surface area contributed by atoms with Crippen molar-refractivity contribution >= 4 is 37.6 Å². The van der Waals surface area contributed by atoms with E-state index in [0.29, 0.717) is 18.6 Å². The van der Waals surface area contributed by atoms with Gasteiger partial charge in [-0.1, -0.05) is 23.7 Å². The van der Waals surface area contributed by atoms with Crippen LogP contribution in [-0.4, -0.2) is 47.2 Å². The molecule has 9 nitrogen and oxygen atoms in total. The lowest BCUT2D eigenvalue weighted by Crippen LogP contribution is -2.42. The lowest BCUT2D eigenvalue weighted by molar-refractivity contribution is -0.126. The minimum atomic E-state index is -3.77. The van der Waals surface area contributed by atoms with E-state index in [1.807, 2.05) is 0 Å². The smallest absolute Gasteiger partial charge is 0.243 e. The Balaban J connectivity index is 1.55. The van der Waals surface area contributed by atoms with Crippen molar-refractivity contribution in [2.24, 2.45) is 11.1 Å². The summed E-state index contributed by atoms with van der Waals surface area (Å²) in [7, 11) is -6.04. The number of sulfonamides is 2. The van der Waals surface area contributed by atoms with Gasteiger partial charge in [0.1, 0.15) is 5.75 Å². The number of benzene rings is 2. The van der Waals surface area contributed by atoms with E-state index in [4.69, 9.17) is 21.5 Å². The maximum atomic E-state index is 12.9. The van der Waals surface area contributed by atoms with Gasteiger partial charge >= 0.3 is 0 Å². The van der Waals surface area contributed by atoms with Crippen LogP contribution in [0.4, 0.5) is 0 Å². The van der Waals surface area contributed by atoms with Crippen LogP contribution in [0.5, 0.6) is 5.75 Å². The highest BCUT2D eigenvalue weighted by atomic mass is 35.5. The van der Waals surface area contributed by atoms with Crippen molar-refractivity contribution in [3.05, 3.63) is 53.1 Å². The Morgan fingerprint density at radius 2 is 1.69 bits per heavy atom. The summed E-state index contributed by atoms with van der Waals surface area (Å²) in [6.07, 6.45) is 0.776. The molecule has 174 valence electrons. The van der Waals surface area contributed by atoms with E-state index in [0.717, 1.165) is 5.56 Å². The molecule has 1 fully saturated rings. The number of rotatable bonds is 7. The van der Waals surface area contributed by atoms with Crippen molar-refractivity contribution in [2.45, 2.75) is 29.2 Å². The molecule has 0 unspecified atom stereocenters. The molecule has 0 bridgehead atoms. The van der Waals surface area contributed by atoms with Crippen molar-refractivity contribution in [1.29, 1.82) is 0 Å². The molecular formula is C20H24ClN3O6S2. The summed E-state index contributed by atoms with van der Waals surface area (Å²) in [6, 6.07) is 10.2. The number of methoxy groups -OCH3 is 1. The van der Waals surface area contributed by atoms with Gasteiger partial charge in [0, 0.05) is 25.6 Å². The van der Waals surface area contributed by atoms with Crippen LogP contribution in [0.3, 0.4) is 0 Å². The van der Waals surface area contributed by atoms with Gasteiger partial charge in [-0.05, 0) is 48.7 Å². The zero-order valence-corrected chi connectivity index (χ0v) is 19.7. The van der Waals surface area contributed by atoms with Gasteiger partial charge in [-0.25, -0.2) is 22.0 Å². The molecule has 2 aromatic rings. The molecule has 0 spiro atoms. The molecule has 12 heteroatoms. The lowest BCUT2D eigenvalue weighted by Gasteiger charge is -2.30. The zero-order valence-electron chi connectivity index (χ0n) is 17.3. The van der Waals surface area contributed by atoms with E-state index < -0.39 is 20.0 Å². The Kier molecular flexibility index (Phi) is 7.46. The van der Waals surface area contributed by atoms with Gasteiger partial charge in [0.25, 0.3) is 0 Å². The molecule has 1 aliphatic rings. The summed E-state index contributed by atoms with van der Waals surface area (Å²) in [5, 5.41) is 8.09. The van der Waals surface area contributed by atoms with Crippen molar-refractivity contribution in [2.75, 3.05) is 20.2 Å². The van der Waals surface area contributed by atoms with Crippen LogP contribution in [-0.2, 0) is 31.4 Å². The van der Waals surface area contributed by atoms with E-state index in [1.165, 1.54) is 41.7 Å². The van der Waals surface area contributed by atoms with Gasteiger partial charge in [-0.15, -0.1) is 0 Å². The molecule has 3 rings (SSSR count). The number of carbonyl (C=O) groups is 1. The highest BCUT2D eigenvalue weighted by Gasteiger charge is 2.32. The maximum absolute atomic E-state index is 12.9. The predicted molar refractivity (Wildman–Crippen MR) is 119 cm³/mol. The number of halogens is 1. The normalized spacial score (nSPS) is 16.0. The fourth-order valence-electron chi connectivity index (χ4n) is 3.45. The second kappa shape index (κ2) is 9.75. The molecule has 1 amide bonds. The summed E-state index contributed by atoms with van der Waals surface area (Å²) in [5.41, 5.74) is 0.724. The molecule has 3 N–H and O–H groups in total. The molecule has 2 aromatic carbocycles. The van der Waals surface area contributed by atoms with Crippen LogP contribution in [0.15, 0.2) is 52.3 Å². The summed E-state index contributed by atoms with van der Waals surface area (Å²) in [6.45, 7) is 0.660. The van der Waals surface area contributed by atoms with Gasteiger partial charge < -0.3 is 10.1 Å². The number of nitrogens with two attached hydrogens (primary N) is 1. The standard InChI is InChI=1S/C20H24ClN3O6S2/c1-30-19-7-6-17(12-18(19)21)32(28,29)24-10-8-15(9-11-24)20(25)23-13-14-2-4-16(5-3-14)31(22,26)27/h2-7,12,15H,8-11,13H2,1H3,(H,23,25)(H2,22,26,27). The van der Waals surface area contributed by atoms with Gasteiger partial charge in [-0.2, -0.15) is 4.31 Å². The first-order chi connectivity index (χ1) is 15.0. The molecule has 32 heavy (non-hydrogen) atoms. The third-order valence-electron chi connectivity index (χ3n) is 5.30. The Bertz CT molecular complexity index is 1190. The van der Waals surface area contributed by atoms with E-state index in [2.05, 4.69) is 5.32 Å². The Morgan fingerprint density at radius 1 is 1.09 bits per heavy atom. The predicted octanol–water partition coefficient (Wildman–Crippen LogP) is 1.71. The summed E-state index contributed by atoms with van der Waals surface area (Å²) < 4.78 is 54.8. The molecular weight excluding hydrogens is 478 g/mol. The van der Waals surface area contributed by atoms with Crippen molar-refractivity contribution in [3.8, 4) is 5.75 Å². The Morgan fingerprint density at radius 3 is 2.22 bits per heavy atom. The SMILES string of the molecule is COc1ccc(S(=O)(=O)N2CCC(C(=O)NCc3ccc(S(N)(=O)=O)cc3)CC2)cc1Cl. The highest BCUT2D eigenvalue weighted by Crippen LogP contribution is 2.30.